The van der Waals surface area contributed by atoms with E-state index in [0.29, 0.717) is 21.8 Å². The number of carbonyl (C=O) groups is 2. The first-order valence-electron chi connectivity index (χ1n) is 11.1. The summed E-state index contributed by atoms with van der Waals surface area (Å²) in [5.74, 6) is -0.116. The molecule has 2 N–H and O–H groups in total. The van der Waals surface area contributed by atoms with Crippen molar-refractivity contribution in [2.24, 2.45) is 0 Å². The summed E-state index contributed by atoms with van der Waals surface area (Å²) in [6.45, 7) is 1.95. The number of phenolic OH excluding ortho intramolecular Hbond substituents is 1. The number of benzene rings is 3. The van der Waals surface area contributed by atoms with Crippen molar-refractivity contribution < 1.29 is 19.4 Å². The summed E-state index contributed by atoms with van der Waals surface area (Å²) in [6.07, 6.45) is -0.0297. The summed E-state index contributed by atoms with van der Waals surface area (Å²) >= 11 is 1.38. The molecule has 0 fully saturated rings. The lowest BCUT2D eigenvalue weighted by Gasteiger charge is -2.19. The molecule has 0 bridgehead atoms. The van der Waals surface area contributed by atoms with Crippen LogP contribution in [0.2, 0.25) is 0 Å². The highest BCUT2D eigenvalue weighted by Crippen LogP contribution is 2.27. The van der Waals surface area contributed by atoms with Gasteiger partial charge in [0.05, 0.1) is 30.6 Å². The summed E-state index contributed by atoms with van der Waals surface area (Å²) in [4.78, 5) is 34.6. The first-order chi connectivity index (χ1) is 17.0. The molecule has 0 aliphatic heterocycles. The Hall–Kier alpha value is -3.91. The third-order valence-electron chi connectivity index (χ3n) is 5.44. The predicted molar refractivity (Wildman–Crippen MR) is 136 cm³/mol. The second-order valence-electron chi connectivity index (χ2n) is 7.78. The Bertz CT molecular complexity index is 1340. The first-order valence-corrected chi connectivity index (χ1v) is 12.1. The Balaban J connectivity index is 1.65. The second-order valence-corrected chi connectivity index (χ2v) is 9.03. The van der Waals surface area contributed by atoms with Gasteiger partial charge in [-0.15, -0.1) is 11.8 Å². The molecular formula is C27H25N3O4S. The minimum absolute atomic E-state index is 0.0297. The number of aromatic nitrogens is 2. The van der Waals surface area contributed by atoms with Gasteiger partial charge in [0.15, 0.2) is 5.69 Å². The molecule has 3 aromatic carbocycles. The molecule has 1 aromatic heterocycles. The number of ether oxygens (including phenoxy) is 1. The van der Waals surface area contributed by atoms with E-state index >= 15 is 0 Å². The topological polar surface area (TPSA) is 101 Å². The van der Waals surface area contributed by atoms with Crippen LogP contribution in [0.3, 0.4) is 0 Å². The lowest BCUT2D eigenvalue weighted by atomic mass is 9.99. The van der Waals surface area contributed by atoms with Crippen LogP contribution in [0.4, 0.5) is 0 Å². The predicted octanol–water partition coefficient (Wildman–Crippen LogP) is 5.15. The van der Waals surface area contributed by atoms with Gasteiger partial charge < -0.3 is 15.2 Å². The average Bonchev–Trinajstić information content (AvgIpc) is 2.88. The summed E-state index contributed by atoms with van der Waals surface area (Å²) in [5, 5.41) is 13.2. The summed E-state index contributed by atoms with van der Waals surface area (Å²) in [6, 6.07) is 21.7. The molecule has 1 unspecified atom stereocenters. The number of nitrogens with zero attached hydrogens (tertiary/aromatic N) is 2. The van der Waals surface area contributed by atoms with Crippen LogP contribution in [0.1, 0.15) is 35.4 Å². The average molecular weight is 488 g/mol. The number of methoxy groups -OCH3 is 1. The maximum Gasteiger partial charge on any atom is 0.307 e. The number of rotatable bonds is 8. The minimum atomic E-state index is -0.614. The van der Waals surface area contributed by atoms with Gasteiger partial charge in [-0.05, 0) is 34.6 Å². The SMILES string of the molecule is CCSc1nc2cc(O)ccc2nc1C(=O)NC(CC(=O)OC)c1ccc(-c2ccccc2)cc1. The molecule has 178 valence electrons. The van der Waals surface area contributed by atoms with Gasteiger partial charge in [0.2, 0.25) is 0 Å². The molecular weight excluding hydrogens is 462 g/mol. The van der Waals surface area contributed by atoms with Gasteiger partial charge in [0.1, 0.15) is 10.8 Å². The zero-order valence-electron chi connectivity index (χ0n) is 19.4. The third-order valence-corrected chi connectivity index (χ3v) is 6.28. The maximum atomic E-state index is 13.4. The van der Waals surface area contributed by atoms with Crippen molar-refractivity contribution in [2.45, 2.75) is 24.4 Å². The molecule has 4 rings (SSSR count). The van der Waals surface area contributed by atoms with Gasteiger partial charge in [0.25, 0.3) is 5.91 Å². The number of aromatic hydroxyl groups is 1. The van der Waals surface area contributed by atoms with Gasteiger partial charge in [-0.2, -0.15) is 0 Å². The van der Waals surface area contributed by atoms with E-state index in [4.69, 9.17) is 4.74 Å². The smallest absolute Gasteiger partial charge is 0.307 e. The Kier molecular flexibility index (Phi) is 7.62. The third kappa shape index (κ3) is 5.78. The van der Waals surface area contributed by atoms with E-state index in [-0.39, 0.29) is 17.9 Å². The fourth-order valence-electron chi connectivity index (χ4n) is 3.68. The molecule has 35 heavy (non-hydrogen) atoms. The maximum absolute atomic E-state index is 13.4. The van der Waals surface area contributed by atoms with Crippen LogP contribution < -0.4 is 5.32 Å². The summed E-state index contributed by atoms with van der Waals surface area (Å²) < 4.78 is 4.87. The van der Waals surface area contributed by atoms with Crippen LogP contribution in [-0.2, 0) is 9.53 Å². The summed E-state index contributed by atoms with van der Waals surface area (Å²) in [7, 11) is 1.32. The zero-order valence-corrected chi connectivity index (χ0v) is 20.2. The molecule has 0 aliphatic carbocycles. The zero-order chi connectivity index (χ0) is 24.8. The van der Waals surface area contributed by atoms with E-state index in [1.807, 2.05) is 61.5 Å². The molecule has 0 saturated heterocycles. The lowest BCUT2D eigenvalue weighted by Crippen LogP contribution is -2.31. The Labute approximate surface area is 207 Å². The monoisotopic (exact) mass is 487 g/mol. The molecule has 0 aliphatic rings. The number of thioether (sulfide) groups is 1. The van der Waals surface area contributed by atoms with Crippen LogP contribution in [0.25, 0.3) is 22.2 Å². The Morgan fingerprint density at radius 2 is 1.69 bits per heavy atom. The number of hydrogen-bond acceptors (Lipinski definition) is 7. The normalized spacial score (nSPS) is 11.7. The van der Waals surface area contributed by atoms with Crippen molar-refractivity contribution in [1.82, 2.24) is 15.3 Å². The van der Waals surface area contributed by atoms with Crippen molar-refractivity contribution in [3.8, 4) is 16.9 Å². The number of carbonyl (C=O) groups excluding carboxylic acids is 2. The Morgan fingerprint density at radius 3 is 2.37 bits per heavy atom. The molecule has 8 heteroatoms. The van der Waals surface area contributed by atoms with E-state index in [1.165, 1.54) is 31.0 Å². The fourth-order valence-corrected chi connectivity index (χ4v) is 4.39. The quantitative estimate of drug-likeness (QED) is 0.262. The molecule has 1 heterocycles. The van der Waals surface area contributed by atoms with Crippen molar-refractivity contribution >= 4 is 34.7 Å². The van der Waals surface area contributed by atoms with Crippen LogP contribution in [0.5, 0.6) is 5.75 Å². The van der Waals surface area contributed by atoms with Crippen molar-refractivity contribution in [3.63, 3.8) is 0 Å². The molecule has 0 spiro atoms. The van der Waals surface area contributed by atoms with Gasteiger partial charge in [-0.25, -0.2) is 9.97 Å². The van der Waals surface area contributed by atoms with Gasteiger partial charge >= 0.3 is 5.97 Å². The van der Waals surface area contributed by atoms with E-state index < -0.39 is 17.9 Å². The van der Waals surface area contributed by atoms with Crippen LogP contribution >= 0.6 is 11.8 Å². The number of nitrogens with one attached hydrogen (secondary N) is 1. The minimum Gasteiger partial charge on any atom is -0.508 e. The lowest BCUT2D eigenvalue weighted by molar-refractivity contribution is -0.141. The van der Waals surface area contributed by atoms with Crippen molar-refractivity contribution in [1.29, 1.82) is 0 Å². The van der Waals surface area contributed by atoms with Gasteiger partial charge in [-0.3, -0.25) is 9.59 Å². The highest BCUT2D eigenvalue weighted by molar-refractivity contribution is 7.99. The van der Waals surface area contributed by atoms with E-state index in [0.717, 1.165) is 16.7 Å². The number of fused-ring (bicyclic) bond motifs is 1. The first kappa shape index (κ1) is 24.2. The van der Waals surface area contributed by atoms with Crippen LogP contribution in [0.15, 0.2) is 77.8 Å². The van der Waals surface area contributed by atoms with Crippen LogP contribution in [0, 0.1) is 0 Å². The molecule has 7 nitrogen and oxygen atoms in total. The molecule has 1 amide bonds. The van der Waals surface area contributed by atoms with Crippen molar-refractivity contribution in [2.75, 3.05) is 12.9 Å². The number of esters is 1. The highest BCUT2D eigenvalue weighted by Gasteiger charge is 2.23. The molecule has 1 atom stereocenters. The fraction of sp³-hybridized carbons (Fsp3) is 0.185. The van der Waals surface area contributed by atoms with E-state index in [9.17, 15) is 14.7 Å². The molecule has 0 saturated carbocycles. The summed E-state index contributed by atoms with van der Waals surface area (Å²) in [5.41, 5.74) is 4.04. The number of phenols is 1. The largest absolute Gasteiger partial charge is 0.508 e. The van der Waals surface area contributed by atoms with E-state index in [1.54, 1.807) is 6.07 Å². The van der Waals surface area contributed by atoms with E-state index in [2.05, 4.69) is 15.3 Å². The van der Waals surface area contributed by atoms with Crippen molar-refractivity contribution in [3.05, 3.63) is 84.1 Å². The second kappa shape index (κ2) is 11.0. The van der Waals surface area contributed by atoms with Gasteiger partial charge in [0, 0.05) is 6.07 Å². The molecule has 4 aromatic rings. The number of hydrogen-bond donors (Lipinski definition) is 2. The van der Waals surface area contributed by atoms with Gasteiger partial charge in [-0.1, -0.05) is 61.5 Å². The van der Waals surface area contributed by atoms with Crippen LogP contribution in [-0.4, -0.2) is 39.8 Å². The number of amides is 1. The standard InChI is InChI=1S/C27H25N3O4S/c1-3-35-27-25(28-21-14-13-20(31)15-23(21)30-27)26(33)29-22(16-24(32)34-2)19-11-9-18(10-12-19)17-7-5-4-6-8-17/h4-15,22,31H,3,16H2,1-2H3,(H,29,33). The Morgan fingerprint density at radius 1 is 0.971 bits per heavy atom. The highest BCUT2D eigenvalue weighted by atomic mass is 32.2. The molecule has 0 radical (unpaired) electrons.